The van der Waals surface area contributed by atoms with Gasteiger partial charge in [0.05, 0.1) is 6.61 Å². The lowest BCUT2D eigenvalue weighted by Crippen LogP contribution is -2.29. The molecule has 0 saturated heterocycles. The van der Waals surface area contributed by atoms with E-state index >= 15 is 0 Å². The molecule has 118 valence electrons. The minimum Gasteiger partial charge on any atom is -0.373 e. The fraction of sp³-hybridized carbons (Fsp3) is 0.538. The van der Waals surface area contributed by atoms with Crippen LogP contribution in [0.25, 0.3) is 0 Å². The van der Waals surface area contributed by atoms with Crippen LogP contribution in [0.5, 0.6) is 0 Å². The summed E-state index contributed by atoms with van der Waals surface area (Å²) in [7, 11) is 1.69. The van der Waals surface area contributed by atoms with E-state index in [9.17, 15) is 18.0 Å². The number of ether oxygens (including phenoxy) is 1. The highest BCUT2D eigenvalue weighted by molar-refractivity contribution is 5.95. The van der Waals surface area contributed by atoms with Crippen LogP contribution in [0, 0.1) is 0 Å². The molecule has 0 unspecified atom stereocenters. The number of hydrogen-bond donors (Lipinski definition) is 2. The summed E-state index contributed by atoms with van der Waals surface area (Å²) in [5.74, 6) is 0.187. The maximum absolute atomic E-state index is 11.9. The monoisotopic (exact) mass is 305 g/mol. The topological polar surface area (TPSA) is 63.2 Å². The third-order valence-corrected chi connectivity index (χ3v) is 2.56. The Bertz CT molecular complexity index is 456. The van der Waals surface area contributed by atoms with Crippen LogP contribution in [0.15, 0.2) is 12.1 Å². The first-order valence-corrected chi connectivity index (χ1v) is 6.47. The zero-order valence-corrected chi connectivity index (χ0v) is 11.9. The van der Waals surface area contributed by atoms with Crippen LogP contribution in [-0.2, 0) is 11.2 Å². The first-order valence-electron chi connectivity index (χ1n) is 6.47. The number of nitrogens with one attached hydrogen (secondary N) is 2. The average Bonchev–Trinajstić information content (AvgIpc) is 2.44. The predicted octanol–water partition coefficient (Wildman–Crippen LogP) is 1.99. The van der Waals surface area contributed by atoms with Gasteiger partial charge in [0.2, 0.25) is 0 Å². The molecule has 0 saturated carbocycles. The molecule has 1 aromatic rings. The van der Waals surface area contributed by atoms with Gasteiger partial charge in [0.25, 0.3) is 5.91 Å². The minimum absolute atomic E-state index is 0.00752. The molecular weight excluding hydrogens is 287 g/mol. The molecule has 0 aromatic carbocycles. The summed E-state index contributed by atoms with van der Waals surface area (Å²) in [6.45, 7) is 0.403. The Hall–Kier alpha value is -1.83. The van der Waals surface area contributed by atoms with Crippen molar-refractivity contribution in [3.63, 3.8) is 0 Å². The molecule has 1 amide bonds. The molecule has 0 spiro atoms. The number of carbonyl (C=O) groups is 1. The van der Waals surface area contributed by atoms with E-state index in [1.54, 1.807) is 19.2 Å². The highest BCUT2D eigenvalue weighted by atomic mass is 19.4. The molecule has 2 N–H and O–H groups in total. The molecule has 5 nitrogen and oxygen atoms in total. The zero-order chi connectivity index (χ0) is 15.9. The van der Waals surface area contributed by atoms with Crippen molar-refractivity contribution in [3.8, 4) is 0 Å². The Morgan fingerprint density at radius 1 is 1.38 bits per heavy atom. The van der Waals surface area contributed by atoms with Gasteiger partial charge in [-0.3, -0.25) is 4.79 Å². The van der Waals surface area contributed by atoms with Crippen LogP contribution >= 0.6 is 0 Å². The standard InChI is InChI=1S/C13H18F3N3O2/c1-3-10-6-9(7-11(17-2)19-10)12(20)18-4-5-21-8-13(14,15)16/h6-7H,3-5,8H2,1-2H3,(H,17,19)(H,18,20). The molecular formula is C13H18F3N3O2. The third-order valence-electron chi connectivity index (χ3n) is 2.56. The number of amides is 1. The lowest BCUT2D eigenvalue weighted by molar-refractivity contribution is -0.173. The highest BCUT2D eigenvalue weighted by Gasteiger charge is 2.27. The van der Waals surface area contributed by atoms with Gasteiger partial charge in [0.15, 0.2) is 0 Å². The Kier molecular flexibility index (Phi) is 6.41. The highest BCUT2D eigenvalue weighted by Crippen LogP contribution is 2.14. The van der Waals surface area contributed by atoms with Gasteiger partial charge in [0.1, 0.15) is 12.4 Å². The van der Waals surface area contributed by atoms with Crippen LogP contribution in [0.4, 0.5) is 19.0 Å². The molecule has 1 heterocycles. The molecule has 0 radical (unpaired) electrons. The van der Waals surface area contributed by atoms with Gasteiger partial charge < -0.3 is 15.4 Å². The maximum atomic E-state index is 11.9. The second-order valence-electron chi connectivity index (χ2n) is 4.26. The van der Waals surface area contributed by atoms with E-state index in [1.807, 2.05) is 6.92 Å². The van der Waals surface area contributed by atoms with Gasteiger partial charge >= 0.3 is 6.18 Å². The lowest BCUT2D eigenvalue weighted by Gasteiger charge is -2.10. The maximum Gasteiger partial charge on any atom is 0.411 e. The molecule has 0 aliphatic carbocycles. The van der Waals surface area contributed by atoms with Crippen molar-refractivity contribution in [2.75, 3.05) is 32.1 Å². The van der Waals surface area contributed by atoms with E-state index in [1.165, 1.54) is 0 Å². The van der Waals surface area contributed by atoms with Crippen LogP contribution in [0.3, 0.4) is 0 Å². The summed E-state index contributed by atoms with van der Waals surface area (Å²) in [4.78, 5) is 16.1. The SMILES string of the molecule is CCc1cc(C(=O)NCCOCC(F)(F)F)cc(NC)n1. The van der Waals surface area contributed by atoms with Crippen LogP contribution in [0.1, 0.15) is 23.0 Å². The van der Waals surface area contributed by atoms with Crippen molar-refractivity contribution in [2.45, 2.75) is 19.5 Å². The van der Waals surface area contributed by atoms with Crippen LogP contribution < -0.4 is 10.6 Å². The zero-order valence-electron chi connectivity index (χ0n) is 11.9. The smallest absolute Gasteiger partial charge is 0.373 e. The summed E-state index contributed by atoms with van der Waals surface area (Å²) in [6, 6.07) is 3.22. The number of aryl methyl sites for hydroxylation is 1. The number of anilines is 1. The Balaban J connectivity index is 2.48. The van der Waals surface area contributed by atoms with Gasteiger partial charge in [-0.05, 0) is 18.6 Å². The van der Waals surface area contributed by atoms with Crippen molar-refractivity contribution in [2.24, 2.45) is 0 Å². The van der Waals surface area contributed by atoms with E-state index < -0.39 is 12.8 Å². The number of pyridine rings is 1. The quantitative estimate of drug-likeness (QED) is 0.756. The Morgan fingerprint density at radius 3 is 2.67 bits per heavy atom. The van der Waals surface area contributed by atoms with Crippen molar-refractivity contribution in [1.82, 2.24) is 10.3 Å². The summed E-state index contributed by atoms with van der Waals surface area (Å²) in [5, 5.41) is 5.35. The van der Waals surface area contributed by atoms with Gasteiger partial charge in [-0.2, -0.15) is 13.2 Å². The van der Waals surface area contributed by atoms with Gasteiger partial charge in [-0.1, -0.05) is 6.92 Å². The number of rotatable bonds is 7. The molecule has 1 rings (SSSR count). The third kappa shape index (κ3) is 6.44. The molecule has 1 aromatic heterocycles. The Labute approximate surface area is 120 Å². The summed E-state index contributed by atoms with van der Waals surface area (Å²) in [5.41, 5.74) is 1.15. The lowest BCUT2D eigenvalue weighted by atomic mass is 10.2. The summed E-state index contributed by atoms with van der Waals surface area (Å²) in [6.07, 6.45) is -3.68. The molecule has 0 atom stereocenters. The van der Waals surface area contributed by atoms with Crippen molar-refractivity contribution < 1.29 is 22.7 Å². The largest absolute Gasteiger partial charge is 0.411 e. The van der Waals surface area contributed by atoms with Crippen LogP contribution in [0.2, 0.25) is 0 Å². The number of carbonyl (C=O) groups excluding carboxylic acids is 1. The number of aromatic nitrogens is 1. The average molecular weight is 305 g/mol. The number of alkyl halides is 3. The number of halogens is 3. The first-order chi connectivity index (χ1) is 9.85. The van der Waals surface area contributed by atoms with Crippen molar-refractivity contribution >= 4 is 11.7 Å². The molecule has 0 aliphatic heterocycles. The van der Waals surface area contributed by atoms with Gasteiger partial charge in [0, 0.05) is 24.8 Å². The van der Waals surface area contributed by atoms with Crippen molar-refractivity contribution in [1.29, 1.82) is 0 Å². The second kappa shape index (κ2) is 7.82. The second-order valence-corrected chi connectivity index (χ2v) is 4.26. The summed E-state index contributed by atoms with van der Waals surface area (Å²) < 4.78 is 40.0. The molecule has 0 aliphatic rings. The fourth-order valence-corrected chi connectivity index (χ4v) is 1.55. The molecule has 8 heteroatoms. The fourth-order valence-electron chi connectivity index (χ4n) is 1.55. The van der Waals surface area contributed by atoms with E-state index in [-0.39, 0.29) is 19.1 Å². The van der Waals surface area contributed by atoms with Crippen molar-refractivity contribution in [3.05, 3.63) is 23.4 Å². The predicted molar refractivity (Wildman–Crippen MR) is 72.4 cm³/mol. The number of hydrogen-bond acceptors (Lipinski definition) is 4. The van der Waals surface area contributed by atoms with E-state index in [2.05, 4.69) is 20.4 Å². The van der Waals surface area contributed by atoms with E-state index in [0.717, 1.165) is 5.69 Å². The van der Waals surface area contributed by atoms with Gasteiger partial charge in [-0.25, -0.2) is 4.98 Å². The van der Waals surface area contributed by atoms with Gasteiger partial charge in [-0.15, -0.1) is 0 Å². The molecule has 0 bridgehead atoms. The van der Waals surface area contributed by atoms with E-state index in [0.29, 0.717) is 17.8 Å². The van der Waals surface area contributed by atoms with E-state index in [4.69, 9.17) is 0 Å². The molecule has 0 fully saturated rings. The minimum atomic E-state index is -4.35. The van der Waals surface area contributed by atoms with Crippen LogP contribution in [-0.4, -0.2) is 43.9 Å². The molecule has 21 heavy (non-hydrogen) atoms. The Morgan fingerprint density at radius 2 is 2.10 bits per heavy atom. The number of nitrogens with zero attached hydrogens (tertiary/aromatic N) is 1. The summed E-state index contributed by atoms with van der Waals surface area (Å²) >= 11 is 0. The first kappa shape index (κ1) is 17.2. The normalized spacial score (nSPS) is 11.3.